The lowest BCUT2D eigenvalue weighted by Crippen LogP contribution is -2.77. The van der Waals surface area contributed by atoms with Crippen LogP contribution in [0.2, 0.25) is 0 Å². The normalized spacial score (nSPS) is 30.3. The van der Waals surface area contributed by atoms with E-state index in [-0.39, 0.29) is 36.5 Å². The summed E-state index contributed by atoms with van der Waals surface area (Å²) in [5.74, 6) is -5.46. The molecule has 1 aliphatic heterocycles. The van der Waals surface area contributed by atoms with E-state index in [2.05, 4.69) is 10.5 Å². The van der Waals surface area contributed by atoms with Crippen LogP contribution >= 0.6 is 0 Å². The maximum atomic E-state index is 14.6. The Bertz CT molecular complexity index is 1970. The van der Waals surface area contributed by atoms with Crippen LogP contribution in [-0.4, -0.2) is 129 Å². The topological polar surface area (TPSA) is 313 Å². The number of amides is 1. The average Bonchev–Trinajstić information content (AvgIpc) is 3.23. The molecule has 6 rings (SSSR count). The molecule has 1 heterocycles. The van der Waals surface area contributed by atoms with Gasteiger partial charge >= 0.3 is 24.0 Å². The first-order chi connectivity index (χ1) is 29.7. The molecule has 0 aromatic heterocycles. The van der Waals surface area contributed by atoms with E-state index in [0.29, 0.717) is 12.0 Å². The van der Waals surface area contributed by atoms with Crippen molar-refractivity contribution in [3.05, 3.63) is 82.9 Å². The molecule has 11 atom stereocenters. The monoisotopic (exact) mass is 902 g/mol. The minimum Gasteiger partial charge on any atom is -0.481 e. The number of carboxylic acid groups (broad SMARTS) is 2. The third-order valence-corrected chi connectivity index (χ3v) is 12.7. The van der Waals surface area contributed by atoms with Gasteiger partial charge in [-0.1, -0.05) is 69.3 Å². The van der Waals surface area contributed by atoms with Gasteiger partial charge in [-0.05, 0) is 63.0 Å². The molecule has 18 nitrogen and oxygen atoms in total. The minimum absolute atomic E-state index is 0.141. The first-order valence-corrected chi connectivity index (χ1v) is 20.7. The van der Waals surface area contributed by atoms with Crippen molar-refractivity contribution in [1.82, 2.24) is 0 Å². The Morgan fingerprint density at radius 2 is 1.38 bits per heavy atom. The lowest BCUT2D eigenvalue weighted by atomic mass is 9.44. The number of Topliss-reactive ketones (excluding diaryl/α,β-unsaturated/α-hetero) is 1. The summed E-state index contributed by atoms with van der Waals surface area (Å²) in [6.45, 7) is 13.1. The molecule has 3 aliphatic carbocycles. The van der Waals surface area contributed by atoms with Gasteiger partial charge in [0.1, 0.15) is 30.0 Å². The Morgan fingerprint density at radius 3 is 1.81 bits per heavy atom. The number of fused-ring (bicyclic) bond motifs is 5. The van der Waals surface area contributed by atoms with Gasteiger partial charge in [0, 0.05) is 44.1 Å². The lowest BCUT2D eigenvalue weighted by Gasteiger charge is -2.67. The number of primary amides is 1. The molecule has 4 aliphatic rings. The second kappa shape index (κ2) is 22.6. The standard InChI is InChI=1S/C38H46O9.C3H7NO2.C2H5NO2.C2H4O2.CH4O/c1-21(17-23-13-9-7-10-14-23)33(42)46-26-18-38(44)32(47-34(43)24-15-11-8-12-16-24)29-25-20-45-36(25,5)19-27(39)37(29,6)31(41)30(40)28(22(26)2)35(38,3)4;1-2(4)3(5)6;1-5-2(3)4;1-2(3)4;1-2/h7-16,21,25-27,29-30,32,39-40,44H,17-20H2,1-6H3;2H,4H2,1H3,(H,5,6);1H3,(H2,3,4);1H3,(H,3,4);2H,1H3/t21?,25?,26-,27-,29-,30+,32-,36+,37+,38+;;;;/m0..../s1. The number of rotatable bonds is 7. The van der Waals surface area contributed by atoms with E-state index >= 15 is 0 Å². The molecule has 64 heavy (non-hydrogen) atoms. The summed E-state index contributed by atoms with van der Waals surface area (Å²) in [6.07, 6.45) is -5.65. The minimum atomic E-state index is -1.94. The van der Waals surface area contributed by atoms with E-state index in [0.717, 1.165) is 19.6 Å². The Kier molecular flexibility index (Phi) is 19.4. The van der Waals surface area contributed by atoms with Crippen LogP contribution in [0.15, 0.2) is 71.8 Å². The van der Waals surface area contributed by atoms with Crippen molar-refractivity contribution in [2.75, 3.05) is 20.8 Å². The van der Waals surface area contributed by atoms with Gasteiger partial charge in [0.2, 0.25) is 0 Å². The summed E-state index contributed by atoms with van der Waals surface area (Å²) in [6, 6.07) is 17.2. The number of aliphatic carboxylic acids is 2. The van der Waals surface area contributed by atoms with Gasteiger partial charge < -0.3 is 61.1 Å². The number of esters is 2. The molecule has 2 bridgehead atoms. The number of carbonyl (C=O) groups is 6. The highest BCUT2D eigenvalue weighted by Crippen LogP contribution is 2.64. The number of carbonyl (C=O) groups excluding carboxylic acids is 4. The summed E-state index contributed by atoms with van der Waals surface area (Å²) in [5.41, 5.74) is 5.45. The molecule has 356 valence electrons. The van der Waals surface area contributed by atoms with Gasteiger partial charge in [0.15, 0.2) is 5.78 Å². The Hall–Kier alpha value is -5.24. The van der Waals surface area contributed by atoms with E-state index in [1.807, 2.05) is 37.3 Å². The fraction of sp³-hybridized carbons (Fsp3) is 0.565. The number of hydrogen-bond donors (Lipinski definition) is 8. The maximum absolute atomic E-state index is 14.6. The van der Waals surface area contributed by atoms with E-state index in [4.69, 9.17) is 40.1 Å². The zero-order chi connectivity index (χ0) is 49.1. The van der Waals surface area contributed by atoms with Crippen molar-refractivity contribution in [3.8, 4) is 0 Å². The lowest BCUT2D eigenvalue weighted by molar-refractivity contribution is -0.310. The van der Waals surface area contributed by atoms with Gasteiger partial charge in [-0.3, -0.25) is 19.2 Å². The number of aliphatic hydroxyl groups is 4. The van der Waals surface area contributed by atoms with E-state index < -0.39 is 100 Å². The third-order valence-electron chi connectivity index (χ3n) is 12.7. The Morgan fingerprint density at radius 1 is 0.891 bits per heavy atom. The van der Waals surface area contributed by atoms with Crippen molar-refractivity contribution in [2.24, 2.45) is 40.1 Å². The van der Waals surface area contributed by atoms with Crippen molar-refractivity contribution in [1.29, 1.82) is 0 Å². The molecule has 1 saturated heterocycles. The second-order valence-electron chi connectivity index (χ2n) is 17.3. The molecule has 18 heteroatoms. The SMILES string of the molecule is CC(=O)O.CC(N)C(=O)O.CC1=C2[C@@H](O)C(=O)[C@]3(C)[C@@H](O)C[C@@]4(C)OCC4[C@H]3[C@H](OC(=O)c3ccccc3)[C@](O)(C[C@@H]1OC(=O)C(C)Cc1ccccc1)C2(C)C.CO.COC(N)=O. The van der Waals surface area contributed by atoms with Crippen LogP contribution in [0, 0.1) is 28.6 Å². The van der Waals surface area contributed by atoms with Crippen molar-refractivity contribution in [2.45, 2.75) is 116 Å². The zero-order valence-electron chi connectivity index (χ0n) is 38.1. The molecule has 2 aromatic carbocycles. The Balaban J connectivity index is 0.000000710. The van der Waals surface area contributed by atoms with Crippen LogP contribution in [-0.2, 0) is 44.5 Å². The van der Waals surface area contributed by atoms with Crippen molar-refractivity contribution < 1.29 is 78.4 Å². The third kappa shape index (κ3) is 11.9. The number of ether oxygens (including phenoxy) is 4. The largest absolute Gasteiger partial charge is 0.481 e. The highest BCUT2D eigenvalue weighted by molar-refractivity contribution is 5.94. The quantitative estimate of drug-likeness (QED) is 0.112. The fourth-order valence-corrected chi connectivity index (χ4v) is 8.96. The highest BCUT2D eigenvalue weighted by Gasteiger charge is 2.74. The maximum Gasteiger partial charge on any atom is 0.404 e. The highest BCUT2D eigenvalue weighted by atomic mass is 16.6. The number of nitrogens with two attached hydrogens (primary N) is 2. The van der Waals surface area contributed by atoms with Crippen LogP contribution in [0.3, 0.4) is 0 Å². The summed E-state index contributed by atoms with van der Waals surface area (Å²) >= 11 is 0. The fourth-order valence-electron chi connectivity index (χ4n) is 8.96. The number of aliphatic hydroxyl groups excluding tert-OH is 3. The molecular weight excluding hydrogens is 837 g/mol. The zero-order valence-corrected chi connectivity index (χ0v) is 38.1. The van der Waals surface area contributed by atoms with Gasteiger partial charge in [-0.25, -0.2) is 9.59 Å². The van der Waals surface area contributed by atoms with Crippen LogP contribution in [0.5, 0.6) is 0 Å². The van der Waals surface area contributed by atoms with Gasteiger partial charge in [-0.15, -0.1) is 0 Å². The van der Waals surface area contributed by atoms with E-state index in [1.165, 1.54) is 14.0 Å². The average molecular weight is 903 g/mol. The molecule has 10 N–H and O–H groups in total. The summed E-state index contributed by atoms with van der Waals surface area (Å²) in [4.78, 5) is 70.0. The number of benzene rings is 2. The number of methoxy groups -OCH3 is 1. The van der Waals surface area contributed by atoms with Crippen LogP contribution in [0.4, 0.5) is 4.79 Å². The predicted octanol–water partition coefficient (Wildman–Crippen LogP) is 3.05. The number of carboxylic acids is 2. The van der Waals surface area contributed by atoms with E-state index in [9.17, 15) is 39.3 Å². The molecule has 2 saturated carbocycles. The number of ketones is 1. The van der Waals surface area contributed by atoms with Crippen molar-refractivity contribution >= 4 is 35.8 Å². The molecule has 1 amide bonds. The predicted molar refractivity (Wildman–Crippen MR) is 231 cm³/mol. The summed E-state index contributed by atoms with van der Waals surface area (Å²) in [7, 11) is 2.22. The Labute approximate surface area is 373 Å². The van der Waals surface area contributed by atoms with Gasteiger partial charge in [-0.2, -0.15) is 0 Å². The van der Waals surface area contributed by atoms with Crippen LogP contribution < -0.4 is 11.5 Å². The van der Waals surface area contributed by atoms with E-state index in [1.54, 1.807) is 65.0 Å². The molecule has 0 spiro atoms. The van der Waals surface area contributed by atoms with Gasteiger partial charge in [0.05, 0.1) is 42.3 Å². The second-order valence-corrected chi connectivity index (χ2v) is 17.3. The first kappa shape index (κ1) is 54.9. The smallest absolute Gasteiger partial charge is 0.404 e. The molecular formula is C46H66N2O16. The van der Waals surface area contributed by atoms with Crippen LogP contribution in [0.25, 0.3) is 0 Å². The summed E-state index contributed by atoms with van der Waals surface area (Å²) < 4.78 is 22.4. The van der Waals surface area contributed by atoms with Gasteiger partial charge in [0.25, 0.3) is 5.97 Å². The molecule has 3 fully saturated rings. The van der Waals surface area contributed by atoms with Crippen LogP contribution in [0.1, 0.15) is 84.2 Å². The first-order valence-electron chi connectivity index (χ1n) is 20.7. The molecule has 3 unspecified atom stereocenters. The molecule has 2 aromatic rings. The summed E-state index contributed by atoms with van der Waals surface area (Å²) in [5, 5.41) is 59.1. The van der Waals surface area contributed by atoms with Crippen molar-refractivity contribution in [3.63, 3.8) is 0 Å². The molecule has 0 radical (unpaired) electrons. The number of hydrogen-bond acceptors (Lipinski definition) is 15.